The summed E-state index contributed by atoms with van der Waals surface area (Å²) in [6.45, 7) is 15.6. The fourth-order valence-electron chi connectivity index (χ4n) is 5.75. The van der Waals surface area contributed by atoms with E-state index in [2.05, 4.69) is 92.2 Å². The maximum absolute atomic E-state index is 12.6. The zero-order valence-corrected chi connectivity index (χ0v) is 26.4. The number of carbonyl (C=O) groups excluding carboxylic acids is 1. The molecule has 2 heterocycles. The SMILES string of the molecule is CCN(CC)c1ccc(C2(c3ccc(OC)cc3)Oc3ccc(C)cc3-c3nc(N(CC)CC)sc32)c(NC(C)=O)c1. The number of fused-ring (bicyclic) bond motifs is 3. The first-order valence-corrected chi connectivity index (χ1v) is 15.5. The van der Waals surface area contributed by atoms with Crippen molar-refractivity contribution < 1.29 is 14.3 Å². The van der Waals surface area contributed by atoms with Crippen molar-refractivity contribution in [3.05, 3.63) is 82.2 Å². The summed E-state index contributed by atoms with van der Waals surface area (Å²) in [5.41, 5.74) is 5.47. The van der Waals surface area contributed by atoms with Crippen LogP contribution in [0.25, 0.3) is 11.3 Å². The van der Waals surface area contributed by atoms with Crippen molar-refractivity contribution in [1.82, 2.24) is 4.98 Å². The molecule has 1 aliphatic heterocycles. The molecule has 1 atom stereocenters. The van der Waals surface area contributed by atoms with E-state index in [4.69, 9.17) is 14.5 Å². The molecule has 1 amide bonds. The number of aromatic nitrogens is 1. The van der Waals surface area contributed by atoms with Crippen LogP contribution in [-0.2, 0) is 10.4 Å². The van der Waals surface area contributed by atoms with Gasteiger partial charge < -0.3 is 24.6 Å². The van der Waals surface area contributed by atoms with Crippen LogP contribution in [0.1, 0.15) is 56.2 Å². The standard InChI is InChI=1S/C34H40N4O3S/c1-8-37(9-2)25-15-18-28(29(21-25)35-23(6)39)34(24-13-16-26(40-7)17-14-24)32-31(36-33(42-32)38(10-3)11-4)27-20-22(5)12-19-30(27)41-34/h12-21H,8-11H2,1-7H3,(H,35,39). The second-order valence-corrected chi connectivity index (χ2v) is 11.4. The van der Waals surface area contributed by atoms with E-state index in [1.54, 1.807) is 25.4 Å². The number of hydrogen-bond donors (Lipinski definition) is 1. The van der Waals surface area contributed by atoms with Gasteiger partial charge in [-0.05, 0) is 71.0 Å². The smallest absolute Gasteiger partial charge is 0.221 e. The first kappa shape index (κ1) is 29.5. The third-order valence-corrected chi connectivity index (χ3v) is 9.16. The Hall–Kier alpha value is -4.04. The molecule has 0 saturated carbocycles. The molecule has 4 aromatic rings. The summed E-state index contributed by atoms with van der Waals surface area (Å²) >= 11 is 1.65. The zero-order chi connectivity index (χ0) is 30.0. The molecule has 7 nitrogen and oxygen atoms in total. The van der Waals surface area contributed by atoms with Gasteiger partial charge in [-0.15, -0.1) is 0 Å². The predicted octanol–water partition coefficient (Wildman–Crippen LogP) is 7.46. The highest BCUT2D eigenvalue weighted by atomic mass is 32.1. The van der Waals surface area contributed by atoms with Crippen LogP contribution in [-0.4, -0.2) is 44.2 Å². The van der Waals surface area contributed by atoms with Crippen molar-refractivity contribution >= 4 is 33.8 Å². The van der Waals surface area contributed by atoms with E-state index < -0.39 is 5.60 Å². The molecule has 0 radical (unpaired) electrons. The molecular weight excluding hydrogens is 544 g/mol. The highest BCUT2D eigenvalue weighted by Crippen LogP contribution is 2.56. The number of nitrogens with one attached hydrogen (secondary N) is 1. The lowest BCUT2D eigenvalue weighted by atomic mass is 9.80. The molecule has 1 aliphatic rings. The number of amides is 1. The van der Waals surface area contributed by atoms with Crippen LogP contribution in [0.3, 0.4) is 0 Å². The number of hydrogen-bond acceptors (Lipinski definition) is 7. The molecular formula is C34H40N4O3S. The number of nitrogens with zero attached hydrogens (tertiary/aromatic N) is 3. The summed E-state index contributed by atoms with van der Waals surface area (Å²) in [5.74, 6) is 1.37. The van der Waals surface area contributed by atoms with E-state index in [1.165, 1.54) is 0 Å². The molecule has 1 aromatic heterocycles. The first-order valence-electron chi connectivity index (χ1n) is 14.7. The zero-order valence-electron chi connectivity index (χ0n) is 25.6. The summed E-state index contributed by atoms with van der Waals surface area (Å²) in [6.07, 6.45) is 0. The Morgan fingerprint density at radius 3 is 2.26 bits per heavy atom. The van der Waals surface area contributed by atoms with Gasteiger partial charge in [0, 0.05) is 55.5 Å². The van der Waals surface area contributed by atoms with Crippen molar-refractivity contribution in [2.45, 2.75) is 47.1 Å². The second kappa shape index (κ2) is 12.1. The Morgan fingerprint density at radius 1 is 0.952 bits per heavy atom. The van der Waals surface area contributed by atoms with Crippen molar-refractivity contribution in [2.24, 2.45) is 0 Å². The van der Waals surface area contributed by atoms with Gasteiger partial charge in [-0.2, -0.15) is 0 Å². The van der Waals surface area contributed by atoms with Crippen LogP contribution in [0.4, 0.5) is 16.5 Å². The molecule has 3 aromatic carbocycles. The van der Waals surface area contributed by atoms with Crippen LogP contribution in [0.2, 0.25) is 0 Å². The van der Waals surface area contributed by atoms with Gasteiger partial charge in [0.1, 0.15) is 11.5 Å². The molecule has 0 saturated heterocycles. The number of carbonyl (C=O) groups is 1. The molecule has 42 heavy (non-hydrogen) atoms. The van der Waals surface area contributed by atoms with Gasteiger partial charge in [0.05, 0.1) is 23.4 Å². The van der Waals surface area contributed by atoms with Gasteiger partial charge >= 0.3 is 0 Å². The van der Waals surface area contributed by atoms with E-state index in [-0.39, 0.29) is 5.91 Å². The Kier molecular flexibility index (Phi) is 8.45. The van der Waals surface area contributed by atoms with Gasteiger partial charge in [-0.3, -0.25) is 4.79 Å². The first-order chi connectivity index (χ1) is 20.3. The van der Waals surface area contributed by atoms with Crippen molar-refractivity contribution in [3.8, 4) is 22.8 Å². The summed E-state index contributed by atoms with van der Waals surface area (Å²) in [6, 6.07) is 20.6. The number of rotatable bonds is 10. The maximum atomic E-state index is 12.6. The minimum absolute atomic E-state index is 0.141. The molecule has 0 fully saturated rings. The lowest BCUT2D eigenvalue weighted by molar-refractivity contribution is -0.114. The Morgan fingerprint density at radius 2 is 1.64 bits per heavy atom. The number of benzene rings is 3. The Bertz CT molecular complexity index is 1570. The van der Waals surface area contributed by atoms with Crippen molar-refractivity contribution in [1.29, 1.82) is 0 Å². The third-order valence-electron chi connectivity index (χ3n) is 7.94. The quantitative estimate of drug-likeness (QED) is 0.209. The van der Waals surface area contributed by atoms with E-state index in [1.807, 2.05) is 18.2 Å². The average molecular weight is 585 g/mol. The lowest BCUT2D eigenvalue weighted by Crippen LogP contribution is -2.39. The summed E-state index contributed by atoms with van der Waals surface area (Å²) in [7, 11) is 1.67. The second-order valence-electron chi connectivity index (χ2n) is 10.4. The van der Waals surface area contributed by atoms with Crippen LogP contribution in [0.15, 0.2) is 60.7 Å². The van der Waals surface area contributed by atoms with E-state index >= 15 is 0 Å². The number of ether oxygens (including phenoxy) is 2. The number of anilines is 3. The normalized spacial score (nSPS) is 15.3. The molecule has 8 heteroatoms. The fourth-order valence-corrected chi connectivity index (χ4v) is 7.13. The van der Waals surface area contributed by atoms with E-state index in [0.29, 0.717) is 5.69 Å². The molecule has 1 N–H and O–H groups in total. The van der Waals surface area contributed by atoms with Gasteiger partial charge in [0.15, 0.2) is 10.7 Å². The number of aryl methyl sites for hydroxylation is 1. The van der Waals surface area contributed by atoms with Gasteiger partial charge in [0.25, 0.3) is 0 Å². The summed E-state index contributed by atoms with van der Waals surface area (Å²) < 4.78 is 12.8. The van der Waals surface area contributed by atoms with Crippen LogP contribution in [0.5, 0.6) is 11.5 Å². The molecule has 0 bridgehead atoms. The highest BCUT2D eigenvalue weighted by Gasteiger charge is 2.49. The fraction of sp³-hybridized carbons (Fsp3) is 0.353. The topological polar surface area (TPSA) is 66.9 Å². The molecule has 1 unspecified atom stereocenters. The largest absolute Gasteiger partial charge is 0.497 e. The van der Waals surface area contributed by atoms with Crippen molar-refractivity contribution in [2.75, 3.05) is 48.4 Å². The molecule has 0 aliphatic carbocycles. The maximum Gasteiger partial charge on any atom is 0.221 e. The van der Waals surface area contributed by atoms with Crippen LogP contribution >= 0.6 is 11.3 Å². The van der Waals surface area contributed by atoms with Crippen LogP contribution < -0.4 is 24.6 Å². The van der Waals surface area contributed by atoms with Gasteiger partial charge in [-0.25, -0.2) is 4.98 Å². The third kappa shape index (κ3) is 5.09. The number of methoxy groups -OCH3 is 1. The van der Waals surface area contributed by atoms with E-state index in [0.717, 1.165) is 81.3 Å². The molecule has 220 valence electrons. The van der Waals surface area contributed by atoms with Crippen molar-refractivity contribution in [3.63, 3.8) is 0 Å². The molecule has 0 spiro atoms. The van der Waals surface area contributed by atoms with E-state index in [9.17, 15) is 4.79 Å². The van der Waals surface area contributed by atoms with Gasteiger partial charge in [0.2, 0.25) is 5.91 Å². The summed E-state index contributed by atoms with van der Waals surface area (Å²) in [5, 5.41) is 4.10. The Labute approximate surface area is 253 Å². The highest BCUT2D eigenvalue weighted by molar-refractivity contribution is 7.16. The Balaban J connectivity index is 1.88. The predicted molar refractivity (Wildman–Crippen MR) is 174 cm³/mol. The lowest BCUT2D eigenvalue weighted by Gasteiger charge is -2.40. The average Bonchev–Trinajstić information content (AvgIpc) is 3.44. The summed E-state index contributed by atoms with van der Waals surface area (Å²) in [4.78, 5) is 23.4. The monoisotopic (exact) mass is 584 g/mol. The minimum atomic E-state index is -1.08. The number of thiazole rings is 1. The van der Waals surface area contributed by atoms with Crippen LogP contribution in [0, 0.1) is 6.92 Å². The van der Waals surface area contributed by atoms with Gasteiger partial charge in [-0.1, -0.05) is 41.2 Å². The molecule has 5 rings (SSSR count). The minimum Gasteiger partial charge on any atom is -0.497 e.